The Morgan fingerprint density at radius 2 is 2.09 bits per heavy atom. The second kappa shape index (κ2) is 6.75. The van der Waals surface area contributed by atoms with Gasteiger partial charge in [0.05, 0.1) is 5.56 Å². The third-order valence-electron chi connectivity index (χ3n) is 4.08. The maximum Gasteiger partial charge on any atom is 0.215 e. The highest BCUT2D eigenvalue weighted by molar-refractivity contribution is 6.11. The Morgan fingerprint density at radius 3 is 2.78 bits per heavy atom. The molecule has 0 aromatic carbocycles. The molecule has 1 saturated heterocycles. The minimum absolute atomic E-state index is 0.163. The van der Waals surface area contributed by atoms with Crippen LogP contribution in [0.3, 0.4) is 0 Å². The third-order valence-corrected chi connectivity index (χ3v) is 4.08. The SMILES string of the molecule is CCc1ccc(N2CCNCC2)nc1C(=O)c1cccnc1N. The number of piperazine rings is 1. The number of pyridine rings is 2. The third kappa shape index (κ3) is 3.17. The first-order chi connectivity index (χ1) is 11.2. The maximum absolute atomic E-state index is 12.9. The number of hydrogen-bond donors (Lipinski definition) is 2. The van der Waals surface area contributed by atoms with Gasteiger partial charge in [0, 0.05) is 32.4 Å². The smallest absolute Gasteiger partial charge is 0.215 e. The zero-order chi connectivity index (χ0) is 16.2. The molecule has 0 unspecified atom stereocenters. The van der Waals surface area contributed by atoms with Crippen molar-refractivity contribution in [3.63, 3.8) is 0 Å². The second-order valence-corrected chi connectivity index (χ2v) is 5.53. The molecule has 0 atom stereocenters. The van der Waals surface area contributed by atoms with Gasteiger partial charge >= 0.3 is 0 Å². The highest BCUT2D eigenvalue weighted by Crippen LogP contribution is 2.21. The molecule has 3 N–H and O–H groups in total. The normalized spacial score (nSPS) is 14.7. The van der Waals surface area contributed by atoms with E-state index < -0.39 is 0 Å². The molecule has 6 nitrogen and oxygen atoms in total. The highest BCUT2D eigenvalue weighted by atomic mass is 16.1. The van der Waals surface area contributed by atoms with Crippen molar-refractivity contribution >= 4 is 17.4 Å². The molecule has 0 radical (unpaired) electrons. The lowest BCUT2D eigenvalue weighted by molar-refractivity contribution is 0.103. The van der Waals surface area contributed by atoms with Gasteiger partial charge in [0.1, 0.15) is 17.3 Å². The summed E-state index contributed by atoms with van der Waals surface area (Å²) in [4.78, 5) is 23.7. The van der Waals surface area contributed by atoms with Gasteiger partial charge in [-0.05, 0) is 30.2 Å². The Balaban J connectivity index is 1.99. The Morgan fingerprint density at radius 1 is 1.30 bits per heavy atom. The van der Waals surface area contributed by atoms with E-state index in [4.69, 9.17) is 5.73 Å². The largest absolute Gasteiger partial charge is 0.383 e. The number of carbonyl (C=O) groups excluding carboxylic acids is 1. The molecule has 0 bridgehead atoms. The number of ketones is 1. The van der Waals surface area contributed by atoms with Crippen molar-refractivity contribution in [2.24, 2.45) is 0 Å². The van der Waals surface area contributed by atoms with Gasteiger partial charge in [0.25, 0.3) is 0 Å². The van der Waals surface area contributed by atoms with E-state index in [-0.39, 0.29) is 11.6 Å². The topological polar surface area (TPSA) is 84.1 Å². The second-order valence-electron chi connectivity index (χ2n) is 5.53. The molecular weight excluding hydrogens is 290 g/mol. The van der Waals surface area contributed by atoms with Crippen LogP contribution in [-0.2, 0) is 6.42 Å². The van der Waals surface area contributed by atoms with E-state index in [2.05, 4.69) is 20.2 Å². The molecule has 3 rings (SSSR count). The fraction of sp³-hybridized carbons (Fsp3) is 0.353. The van der Waals surface area contributed by atoms with Gasteiger partial charge in [0.2, 0.25) is 5.78 Å². The molecule has 0 amide bonds. The number of hydrogen-bond acceptors (Lipinski definition) is 6. The van der Waals surface area contributed by atoms with Gasteiger partial charge in [0.15, 0.2) is 0 Å². The first kappa shape index (κ1) is 15.4. The van der Waals surface area contributed by atoms with Crippen molar-refractivity contribution in [2.45, 2.75) is 13.3 Å². The van der Waals surface area contributed by atoms with Crippen molar-refractivity contribution in [2.75, 3.05) is 36.8 Å². The molecule has 23 heavy (non-hydrogen) atoms. The molecule has 0 saturated carbocycles. The Kier molecular flexibility index (Phi) is 4.52. The highest BCUT2D eigenvalue weighted by Gasteiger charge is 2.20. The monoisotopic (exact) mass is 311 g/mol. The van der Waals surface area contributed by atoms with Crippen molar-refractivity contribution in [3.05, 3.63) is 47.3 Å². The minimum atomic E-state index is -0.163. The zero-order valence-corrected chi connectivity index (χ0v) is 13.2. The van der Waals surface area contributed by atoms with E-state index in [0.717, 1.165) is 44.0 Å². The molecule has 1 aliphatic heterocycles. The fourth-order valence-electron chi connectivity index (χ4n) is 2.77. The van der Waals surface area contributed by atoms with Crippen LogP contribution in [0.15, 0.2) is 30.5 Å². The average Bonchev–Trinajstić information content (AvgIpc) is 2.62. The van der Waals surface area contributed by atoms with Gasteiger partial charge in [-0.3, -0.25) is 4.79 Å². The number of rotatable bonds is 4. The van der Waals surface area contributed by atoms with Crippen LogP contribution in [0.25, 0.3) is 0 Å². The number of nitrogens with two attached hydrogens (primary N) is 1. The summed E-state index contributed by atoms with van der Waals surface area (Å²) in [5.74, 6) is 0.924. The fourth-order valence-corrected chi connectivity index (χ4v) is 2.77. The molecule has 6 heteroatoms. The first-order valence-electron chi connectivity index (χ1n) is 7.91. The summed E-state index contributed by atoms with van der Waals surface area (Å²) < 4.78 is 0. The van der Waals surface area contributed by atoms with E-state index >= 15 is 0 Å². The molecule has 1 fully saturated rings. The number of nitrogens with one attached hydrogen (secondary N) is 1. The van der Waals surface area contributed by atoms with Crippen molar-refractivity contribution in [3.8, 4) is 0 Å². The first-order valence-corrected chi connectivity index (χ1v) is 7.91. The summed E-state index contributed by atoms with van der Waals surface area (Å²) in [6.07, 6.45) is 2.33. The van der Waals surface area contributed by atoms with Crippen LogP contribution in [0.1, 0.15) is 28.5 Å². The number of carbonyl (C=O) groups is 1. The summed E-state index contributed by atoms with van der Waals surface area (Å²) >= 11 is 0. The zero-order valence-electron chi connectivity index (χ0n) is 13.2. The lowest BCUT2D eigenvalue weighted by atomic mass is 10.0. The molecule has 2 aromatic heterocycles. The molecule has 120 valence electrons. The Hall–Kier alpha value is -2.47. The van der Waals surface area contributed by atoms with E-state index in [9.17, 15) is 4.79 Å². The molecule has 0 spiro atoms. The van der Waals surface area contributed by atoms with Crippen molar-refractivity contribution < 1.29 is 4.79 Å². The van der Waals surface area contributed by atoms with E-state index in [1.165, 1.54) is 0 Å². The van der Waals surface area contributed by atoms with E-state index in [0.29, 0.717) is 11.3 Å². The van der Waals surface area contributed by atoms with Gasteiger partial charge in [-0.1, -0.05) is 13.0 Å². The summed E-state index contributed by atoms with van der Waals surface area (Å²) in [7, 11) is 0. The number of nitrogen functional groups attached to an aromatic ring is 1. The summed E-state index contributed by atoms with van der Waals surface area (Å²) in [5, 5.41) is 3.32. The van der Waals surface area contributed by atoms with Crippen LogP contribution < -0.4 is 16.0 Å². The van der Waals surface area contributed by atoms with Crippen LogP contribution >= 0.6 is 0 Å². The summed E-state index contributed by atoms with van der Waals surface area (Å²) in [6, 6.07) is 7.40. The standard InChI is InChI=1S/C17H21N5O/c1-2-12-5-6-14(22-10-8-19-9-11-22)21-15(12)16(23)13-4-3-7-20-17(13)18/h3-7,19H,2,8-11H2,1H3,(H2,18,20). The molecule has 0 aliphatic carbocycles. The van der Waals surface area contributed by atoms with Crippen molar-refractivity contribution in [1.29, 1.82) is 0 Å². The van der Waals surface area contributed by atoms with Crippen LogP contribution in [0, 0.1) is 0 Å². The van der Waals surface area contributed by atoms with Crippen LogP contribution in [0.2, 0.25) is 0 Å². The minimum Gasteiger partial charge on any atom is -0.383 e. The maximum atomic E-state index is 12.9. The van der Waals surface area contributed by atoms with Crippen LogP contribution in [-0.4, -0.2) is 41.9 Å². The summed E-state index contributed by atoms with van der Waals surface area (Å²) in [5.41, 5.74) is 7.67. The predicted octanol–water partition coefficient (Wildman–Crippen LogP) is 1.26. The van der Waals surface area contributed by atoms with Crippen LogP contribution in [0.5, 0.6) is 0 Å². The number of aryl methyl sites for hydroxylation is 1. The molecule has 3 heterocycles. The van der Waals surface area contributed by atoms with Crippen molar-refractivity contribution in [1.82, 2.24) is 15.3 Å². The quantitative estimate of drug-likeness (QED) is 0.827. The number of aromatic nitrogens is 2. The molecule has 1 aliphatic rings. The predicted molar refractivity (Wildman–Crippen MR) is 90.8 cm³/mol. The average molecular weight is 311 g/mol. The Labute approximate surface area is 135 Å². The molecular formula is C17H21N5O. The van der Waals surface area contributed by atoms with E-state index in [1.54, 1.807) is 18.3 Å². The molecule has 2 aromatic rings. The van der Waals surface area contributed by atoms with Gasteiger partial charge in [-0.25, -0.2) is 9.97 Å². The summed E-state index contributed by atoms with van der Waals surface area (Å²) in [6.45, 7) is 5.65. The van der Waals surface area contributed by atoms with Gasteiger partial charge in [-0.2, -0.15) is 0 Å². The lowest BCUT2D eigenvalue weighted by Gasteiger charge is -2.29. The van der Waals surface area contributed by atoms with Gasteiger partial charge < -0.3 is 16.0 Å². The lowest BCUT2D eigenvalue weighted by Crippen LogP contribution is -2.44. The Bertz CT molecular complexity index is 710. The van der Waals surface area contributed by atoms with E-state index in [1.807, 2.05) is 19.1 Å². The van der Waals surface area contributed by atoms with Gasteiger partial charge in [-0.15, -0.1) is 0 Å². The van der Waals surface area contributed by atoms with Crippen LogP contribution in [0.4, 0.5) is 11.6 Å². The number of nitrogens with zero attached hydrogens (tertiary/aromatic N) is 3. The number of anilines is 2.